The summed E-state index contributed by atoms with van der Waals surface area (Å²) in [5.41, 5.74) is 3.49. The highest BCUT2D eigenvalue weighted by molar-refractivity contribution is 9.10. The first kappa shape index (κ1) is 17.5. The second kappa shape index (κ2) is 7.40. The van der Waals surface area contributed by atoms with Crippen molar-refractivity contribution in [1.82, 2.24) is 15.2 Å². The lowest BCUT2D eigenvalue weighted by Crippen LogP contribution is -2.30. The second-order valence-electron chi connectivity index (χ2n) is 6.19. The number of carboxylic acid groups (broad SMARTS) is 1. The first-order chi connectivity index (χ1) is 13.1. The van der Waals surface area contributed by atoms with Crippen LogP contribution < -0.4 is 9.47 Å². The third-order valence-corrected chi connectivity index (χ3v) is 4.94. The molecular weight excluding hydrogens is 414 g/mol. The molecule has 1 aliphatic rings. The third kappa shape index (κ3) is 3.80. The van der Waals surface area contributed by atoms with Crippen molar-refractivity contribution in [3.63, 3.8) is 0 Å². The van der Waals surface area contributed by atoms with Gasteiger partial charge in [-0.1, -0.05) is 12.1 Å². The number of benzene rings is 1. The first-order valence-electron chi connectivity index (χ1n) is 8.39. The van der Waals surface area contributed by atoms with E-state index in [2.05, 4.69) is 31.1 Å². The van der Waals surface area contributed by atoms with Gasteiger partial charge in [-0.2, -0.15) is 5.10 Å². The molecule has 3 aromatic rings. The number of aromatic amines is 1. The number of aliphatic carboxylic acids is 1. The van der Waals surface area contributed by atoms with Gasteiger partial charge >= 0.3 is 5.97 Å². The maximum absolute atomic E-state index is 11.1. The number of nitrogens with one attached hydrogen (secondary N) is 1. The van der Waals surface area contributed by atoms with Gasteiger partial charge in [0.25, 0.3) is 0 Å². The topological polar surface area (TPSA) is 97.3 Å². The molecule has 8 heteroatoms. The molecule has 3 heterocycles. The van der Waals surface area contributed by atoms with Gasteiger partial charge in [0.2, 0.25) is 0 Å². The number of aromatic nitrogens is 3. The van der Waals surface area contributed by atoms with Crippen LogP contribution in [0.25, 0.3) is 11.4 Å². The van der Waals surface area contributed by atoms with Crippen LogP contribution in [0.1, 0.15) is 17.5 Å². The summed E-state index contributed by atoms with van der Waals surface area (Å²) in [6.07, 6.45) is 3.73. The summed E-state index contributed by atoms with van der Waals surface area (Å²) >= 11 is 3.41. The molecule has 27 heavy (non-hydrogen) atoms. The number of ether oxygens (including phenoxy) is 2. The van der Waals surface area contributed by atoms with Gasteiger partial charge in [-0.3, -0.25) is 10.1 Å². The van der Waals surface area contributed by atoms with Gasteiger partial charge in [0.1, 0.15) is 18.1 Å². The number of hydrogen-bond acceptors (Lipinski definition) is 5. The SMILES string of the molecule is O=C(O)C1CCc2ccc(COc3ccc(-c4[nH]ncc4Br)nc3)cc2O1. The minimum Gasteiger partial charge on any atom is -0.487 e. The summed E-state index contributed by atoms with van der Waals surface area (Å²) in [7, 11) is 0. The Hall–Kier alpha value is -2.87. The molecule has 0 saturated carbocycles. The van der Waals surface area contributed by atoms with Crippen LogP contribution in [-0.4, -0.2) is 32.4 Å². The van der Waals surface area contributed by atoms with Crippen LogP contribution in [0, 0.1) is 0 Å². The third-order valence-electron chi connectivity index (χ3n) is 4.34. The van der Waals surface area contributed by atoms with Crippen LogP contribution in [0.5, 0.6) is 11.5 Å². The number of nitrogens with zero attached hydrogens (tertiary/aromatic N) is 2. The van der Waals surface area contributed by atoms with Gasteiger partial charge < -0.3 is 14.6 Å². The van der Waals surface area contributed by atoms with Crippen LogP contribution in [0.2, 0.25) is 0 Å². The number of carboxylic acids is 1. The van der Waals surface area contributed by atoms with Gasteiger partial charge in [0, 0.05) is 0 Å². The number of pyridine rings is 1. The predicted molar refractivity (Wildman–Crippen MR) is 101 cm³/mol. The van der Waals surface area contributed by atoms with Gasteiger partial charge in [0.15, 0.2) is 6.10 Å². The summed E-state index contributed by atoms with van der Waals surface area (Å²) in [5.74, 6) is 0.320. The number of hydrogen-bond donors (Lipinski definition) is 2. The molecule has 0 saturated heterocycles. The van der Waals surface area contributed by atoms with E-state index in [9.17, 15) is 4.79 Å². The molecule has 1 atom stereocenters. The van der Waals surface area contributed by atoms with E-state index in [1.165, 1.54) is 0 Å². The lowest BCUT2D eigenvalue weighted by molar-refractivity contribution is -0.145. The van der Waals surface area contributed by atoms with E-state index in [1.807, 2.05) is 30.3 Å². The van der Waals surface area contributed by atoms with Gasteiger partial charge in [-0.15, -0.1) is 0 Å². The summed E-state index contributed by atoms with van der Waals surface area (Å²) in [4.78, 5) is 15.5. The Balaban J connectivity index is 1.43. The van der Waals surface area contributed by atoms with Crippen LogP contribution in [0.15, 0.2) is 47.2 Å². The maximum atomic E-state index is 11.1. The molecule has 0 spiro atoms. The van der Waals surface area contributed by atoms with Crippen molar-refractivity contribution in [3.05, 3.63) is 58.3 Å². The number of aryl methyl sites for hydroxylation is 1. The molecule has 0 aliphatic carbocycles. The zero-order valence-corrected chi connectivity index (χ0v) is 15.8. The van der Waals surface area contributed by atoms with E-state index >= 15 is 0 Å². The summed E-state index contributed by atoms with van der Waals surface area (Å²) in [6.45, 7) is 0.336. The Kier molecular flexibility index (Phi) is 4.81. The highest BCUT2D eigenvalue weighted by Crippen LogP contribution is 2.29. The molecule has 0 bridgehead atoms. The number of H-pyrrole nitrogens is 1. The minimum absolute atomic E-state index is 0.336. The van der Waals surface area contributed by atoms with E-state index in [4.69, 9.17) is 14.6 Å². The van der Waals surface area contributed by atoms with E-state index < -0.39 is 12.1 Å². The molecule has 2 aromatic heterocycles. The number of fused-ring (bicyclic) bond motifs is 1. The van der Waals surface area contributed by atoms with Crippen molar-refractivity contribution in [1.29, 1.82) is 0 Å². The standard InChI is InChI=1S/C19H16BrN3O4/c20-14-9-22-23-18(14)15-5-4-13(8-21-15)26-10-11-1-2-12-3-6-16(19(24)25)27-17(12)7-11/h1-2,4-5,7-9,16H,3,6,10H2,(H,22,23)(H,24,25). The van der Waals surface area contributed by atoms with Gasteiger partial charge in [-0.25, -0.2) is 4.79 Å². The fourth-order valence-corrected chi connectivity index (χ4v) is 3.30. The van der Waals surface area contributed by atoms with Crippen molar-refractivity contribution < 1.29 is 19.4 Å². The Morgan fingerprint density at radius 2 is 2.22 bits per heavy atom. The smallest absolute Gasteiger partial charge is 0.344 e. The lowest BCUT2D eigenvalue weighted by atomic mass is 10.0. The van der Waals surface area contributed by atoms with Crippen LogP contribution in [0.4, 0.5) is 0 Å². The fourth-order valence-electron chi connectivity index (χ4n) is 2.91. The zero-order valence-electron chi connectivity index (χ0n) is 14.2. The average molecular weight is 430 g/mol. The van der Waals surface area contributed by atoms with Crippen molar-refractivity contribution in [3.8, 4) is 22.9 Å². The van der Waals surface area contributed by atoms with E-state index in [0.717, 1.165) is 27.0 Å². The van der Waals surface area contributed by atoms with Crippen LogP contribution >= 0.6 is 15.9 Å². The molecule has 0 amide bonds. The Morgan fingerprint density at radius 1 is 1.33 bits per heavy atom. The molecule has 1 aromatic carbocycles. The van der Waals surface area contributed by atoms with Crippen molar-refractivity contribution >= 4 is 21.9 Å². The molecule has 1 unspecified atom stereocenters. The largest absolute Gasteiger partial charge is 0.487 e. The van der Waals surface area contributed by atoms with E-state index in [1.54, 1.807) is 12.4 Å². The minimum atomic E-state index is -0.933. The molecule has 138 valence electrons. The summed E-state index contributed by atoms with van der Waals surface area (Å²) in [6, 6.07) is 9.45. The molecule has 0 radical (unpaired) electrons. The average Bonchev–Trinajstić information content (AvgIpc) is 3.12. The first-order valence-corrected chi connectivity index (χ1v) is 9.19. The maximum Gasteiger partial charge on any atom is 0.344 e. The quantitative estimate of drug-likeness (QED) is 0.642. The zero-order chi connectivity index (χ0) is 18.8. The molecule has 4 rings (SSSR count). The highest BCUT2D eigenvalue weighted by Gasteiger charge is 2.25. The summed E-state index contributed by atoms with van der Waals surface area (Å²) < 4.78 is 12.2. The Morgan fingerprint density at radius 3 is 2.93 bits per heavy atom. The molecule has 1 aliphatic heterocycles. The lowest BCUT2D eigenvalue weighted by Gasteiger charge is -2.23. The highest BCUT2D eigenvalue weighted by atomic mass is 79.9. The predicted octanol–water partition coefficient (Wildman–Crippen LogP) is 3.59. The van der Waals surface area contributed by atoms with E-state index in [-0.39, 0.29) is 0 Å². The second-order valence-corrected chi connectivity index (χ2v) is 7.04. The van der Waals surface area contributed by atoms with Crippen molar-refractivity contribution in [2.45, 2.75) is 25.6 Å². The fraction of sp³-hybridized carbons (Fsp3) is 0.211. The Labute approximate surface area is 163 Å². The van der Waals surface area contributed by atoms with Crippen molar-refractivity contribution in [2.24, 2.45) is 0 Å². The molecule has 7 nitrogen and oxygen atoms in total. The number of carbonyl (C=O) groups is 1. The monoisotopic (exact) mass is 429 g/mol. The van der Waals surface area contributed by atoms with Crippen LogP contribution in [-0.2, 0) is 17.8 Å². The normalized spacial score (nSPS) is 15.7. The Bertz CT molecular complexity index is 971. The molecule has 0 fully saturated rings. The number of halogens is 1. The van der Waals surface area contributed by atoms with Crippen molar-refractivity contribution in [2.75, 3.05) is 0 Å². The number of rotatable bonds is 5. The molecule has 2 N–H and O–H groups in total. The van der Waals surface area contributed by atoms with Crippen LogP contribution in [0.3, 0.4) is 0 Å². The van der Waals surface area contributed by atoms with E-state index in [0.29, 0.717) is 30.9 Å². The van der Waals surface area contributed by atoms with Gasteiger partial charge in [0.05, 0.1) is 28.3 Å². The molecular formula is C19H16BrN3O4. The van der Waals surface area contributed by atoms with Gasteiger partial charge in [-0.05, 0) is 58.1 Å². The summed E-state index contributed by atoms with van der Waals surface area (Å²) in [5, 5.41) is 16.0.